The predicted octanol–water partition coefficient (Wildman–Crippen LogP) is 5.51. The predicted molar refractivity (Wildman–Crippen MR) is 109 cm³/mol. The van der Waals surface area contributed by atoms with Crippen molar-refractivity contribution >= 4 is 29.7 Å². The second-order valence-corrected chi connectivity index (χ2v) is 4.00. The summed E-state index contributed by atoms with van der Waals surface area (Å²) in [5.74, 6) is 0. The molecule has 0 N–H and O–H groups in total. The van der Waals surface area contributed by atoms with Gasteiger partial charge in [0, 0.05) is 16.9 Å². The van der Waals surface area contributed by atoms with Gasteiger partial charge in [0.1, 0.15) is 0 Å². The van der Waals surface area contributed by atoms with Crippen molar-refractivity contribution in [3.05, 3.63) is 71.4 Å². The maximum atomic E-state index is 3.71. The van der Waals surface area contributed by atoms with Crippen LogP contribution in [0.4, 0.5) is 0 Å². The first-order valence-corrected chi connectivity index (χ1v) is 8.42. The molecule has 122 valence electrons. The van der Waals surface area contributed by atoms with Crippen LogP contribution in [0.1, 0.15) is 34.6 Å². The highest BCUT2D eigenvalue weighted by molar-refractivity contribution is 7.07. The van der Waals surface area contributed by atoms with Crippen molar-refractivity contribution in [1.82, 2.24) is 0 Å². The lowest BCUT2D eigenvalue weighted by Gasteiger charge is -1.73. The van der Waals surface area contributed by atoms with Crippen LogP contribution in [0, 0.1) is 0 Å². The van der Waals surface area contributed by atoms with Gasteiger partial charge in [-0.2, -0.15) is 0 Å². The number of hydrogen-bond acceptors (Lipinski definition) is 2. The minimum atomic E-state index is 1.21. The van der Waals surface area contributed by atoms with Gasteiger partial charge in [-0.25, -0.2) is 0 Å². The van der Waals surface area contributed by atoms with Crippen molar-refractivity contribution in [1.29, 1.82) is 0 Å². The molecule has 1 rings (SSSR count). The average molecular weight is 318 g/mol. The Balaban J connectivity index is -0.000000285. The fraction of sp³-hybridized carbons (Fsp3) is 0.250. The van der Waals surface area contributed by atoms with E-state index in [2.05, 4.69) is 36.2 Å². The molecule has 1 aromatic rings. The number of aliphatic imine (C=N–C) groups is 1. The largest absolute Gasteiger partial charge is 0.265 e. The van der Waals surface area contributed by atoms with Crippen LogP contribution in [0.25, 0.3) is 12.2 Å². The summed E-state index contributed by atoms with van der Waals surface area (Å²) in [6, 6.07) is 2.07. The quantitative estimate of drug-likeness (QED) is 0.649. The number of thiophene rings is 1. The molecule has 0 aliphatic carbocycles. The van der Waals surface area contributed by atoms with Gasteiger partial charge >= 0.3 is 0 Å². The van der Waals surface area contributed by atoms with Crippen LogP contribution >= 0.6 is 11.3 Å². The molecule has 0 saturated carbocycles. The van der Waals surface area contributed by atoms with Crippen LogP contribution in [0.2, 0.25) is 0 Å². The maximum absolute atomic E-state index is 3.71. The van der Waals surface area contributed by atoms with Gasteiger partial charge in [0.05, 0.1) is 0 Å². The molecular formula is C20H31NS. The highest BCUT2D eigenvalue weighted by atomic mass is 32.1. The van der Waals surface area contributed by atoms with Gasteiger partial charge in [-0.05, 0) is 35.7 Å². The van der Waals surface area contributed by atoms with Crippen molar-refractivity contribution in [3.8, 4) is 0 Å². The molecule has 0 radical (unpaired) electrons. The molecule has 0 fully saturated rings. The van der Waals surface area contributed by atoms with Gasteiger partial charge < -0.3 is 0 Å². The number of allylic oxidation sites excluding steroid dienone is 4. The van der Waals surface area contributed by atoms with E-state index in [4.69, 9.17) is 0 Å². The van der Waals surface area contributed by atoms with Gasteiger partial charge in [0.25, 0.3) is 0 Å². The molecule has 22 heavy (non-hydrogen) atoms. The molecule has 0 saturated heterocycles. The van der Waals surface area contributed by atoms with Crippen LogP contribution < -0.4 is 9.75 Å². The number of rotatable bonds is 4. The third-order valence-electron chi connectivity index (χ3n) is 1.76. The molecule has 0 aliphatic heterocycles. The van der Waals surface area contributed by atoms with E-state index in [0.717, 1.165) is 0 Å². The van der Waals surface area contributed by atoms with Gasteiger partial charge in [-0.15, -0.1) is 11.3 Å². The fourth-order valence-corrected chi connectivity index (χ4v) is 1.84. The average Bonchev–Trinajstić information content (AvgIpc) is 3.01. The van der Waals surface area contributed by atoms with E-state index in [1.165, 1.54) is 16.0 Å². The Bertz CT molecular complexity index is 496. The minimum absolute atomic E-state index is 1.21. The fourth-order valence-electron chi connectivity index (χ4n) is 1.03. The van der Waals surface area contributed by atoms with Gasteiger partial charge in [-0.3, -0.25) is 4.99 Å². The molecule has 1 heterocycles. The highest BCUT2D eigenvalue weighted by Crippen LogP contribution is 1.81. The zero-order valence-electron chi connectivity index (χ0n) is 14.8. The van der Waals surface area contributed by atoms with E-state index in [1.807, 2.05) is 58.9 Å². The first-order chi connectivity index (χ1) is 10.8. The lowest BCUT2D eigenvalue weighted by molar-refractivity contribution is 1.50. The first kappa shape index (κ1) is 25.0. The zero-order chi connectivity index (χ0) is 17.6. The third-order valence-corrected chi connectivity index (χ3v) is 2.66. The Morgan fingerprint density at radius 3 is 2.05 bits per heavy atom. The van der Waals surface area contributed by atoms with E-state index < -0.39 is 0 Å². The van der Waals surface area contributed by atoms with Crippen molar-refractivity contribution in [2.24, 2.45) is 4.99 Å². The van der Waals surface area contributed by atoms with Crippen molar-refractivity contribution in [2.75, 3.05) is 0 Å². The Kier molecular flexibility index (Phi) is 27.5. The molecule has 0 unspecified atom stereocenters. The topological polar surface area (TPSA) is 12.4 Å². The first-order valence-electron chi connectivity index (χ1n) is 7.54. The monoisotopic (exact) mass is 317 g/mol. The van der Waals surface area contributed by atoms with Crippen LogP contribution in [-0.4, -0.2) is 6.21 Å². The molecule has 2 heteroatoms. The molecule has 0 bridgehead atoms. The summed E-state index contributed by atoms with van der Waals surface area (Å²) in [5, 5.41) is 3.27. The van der Waals surface area contributed by atoms with Gasteiger partial charge in [0.15, 0.2) is 0 Å². The van der Waals surface area contributed by atoms with E-state index in [1.54, 1.807) is 29.7 Å². The molecule has 0 spiro atoms. The van der Waals surface area contributed by atoms with Crippen molar-refractivity contribution in [3.63, 3.8) is 0 Å². The standard InChI is InChI=1S/C10H10S.C6H9N.2C2H6/c1-3-5-9-7-8-11-10(9)6-4-2;1-3-5-6-7-4-2;2*1-2/h3-8H,1-2H2;3-6H,2H2,1H3;2*1-2H3/b9-5-,10-6+;5-3-,7-6?;;. The lowest BCUT2D eigenvalue weighted by atomic mass is 10.3. The molecule has 0 atom stereocenters. The molecule has 0 aromatic carbocycles. The molecular weight excluding hydrogens is 286 g/mol. The Morgan fingerprint density at radius 1 is 1.00 bits per heavy atom. The van der Waals surface area contributed by atoms with Gasteiger partial charge in [-0.1, -0.05) is 71.7 Å². The van der Waals surface area contributed by atoms with Gasteiger partial charge in [0.2, 0.25) is 0 Å². The molecule has 1 nitrogen and oxygen atoms in total. The molecule has 1 aromatic heterocycles. The smallest absolute Gasteiger partial charge is 0.0342 e. The summed E-state index contributed by atoms with van der Waals surface area (Å²) in [5.41, 5.74) is 0. The number of hydrogen-bond donors (Lipinski definition) is 0. The number of nitrogens with zero attached hydrogens (tertiary/aromatic N) is 1. The van der Waals surface area contributed by atoms with E-state index in [9.17, 15) is 0 Å². The summed E-state index contributed by atoms with van der Waals surface area (Å²) in [4.78, 5) is 3.71. The van der Waals surface area contributed by atoms with E-state index in [-0.39, 0.29) is 0 Å². The lowest BCUT2D eigenvalue weighted by Crippen LogP contribution is -2.16. The summed E-state index contributed by atoms with van der Waals surface area (Å²) >= 11 is 1.71. The summed E-state index contributed by atoms with van der Waals surface area (Å²) < 4.78 is 1.24. The highest BCUT2D eigenvalue weighted by Gasteiger charge is 1.81. The summed E-state index contributed by atoms with van der Waals surface area (Å²) in [6.07, 6.45) is 14.5. The summed E-state index contributed by atoms with van der Waals surface area (Å²) in [6.45, 7) is 20.6. The van der Waals surface area contributed by atoms with Crippen LogP contribution in [0.15, 0.2) is 66.7 Å². The second kappa shape index (κ2) is 24.1. The third kappa shape index (κ3) is 16.1. The Labute approximate surface area is 141 Å². The van der Waals surface area contributed by atoms with Crippen LogP contribution in [0.3, 0.4) is 0 Å². The Hall–Kier alpha value is -1.93. The van der Waals surface area contributed by atoms with E-state index >= 15 is 0 Å². The normalized spacial score (nSPS) is 10.8. The molecule has 0 aliphatic rings. The second-order valence-electron chi connectivity index (χ2n) is 3.05. The Morgan fingerprint density at radius 2 is 1.59 bits per heavy atom. The maximum Gasteiger partial charge on any atom is 0.0342 e. The minimum Gasteiger partial charge on any atom is -0.265 e. The zero-order valence-corrected chi connectivity index (χ0v) is 15.6. The van der Waals surface area contributed by atoms with E-state index in [0.29, 0.717) is 0 Å². The summed E-state index contributed by atoms with van der Waals surface area (Å²) in [7, 11) is 0. The molecule has 0 amide bonds. The SMILES string of the molecule is C=C/C=c1/ccs/c1=C/C=C.C=CN=C/C=C\C.CC.CC. The van der Waals surface area contributed by atoms with Crippen LogP contribution in [0.5, 0.6) is 0 Å². The van der Waals surface area contributed by atoms with Crippen molar-refractivity contribution in [2.45, 2.75) is 34.6 Å². The van der Waals surface area contributed by atoms with Crippen LogP contribution in [-0.2, 0) is 0 Å². The van der Waals surface area contributed by atoms with Crippen molar-refractivity contribution < 1.29 is 0 Å².